The molecule has 2 aliphatic rings. The molecule has 2 aliphatic carbocycles. The Labute approximate surface area is 175 Å². The molecule has 0 radical (unpaired) electrons. The van der Waals surface area contributed by atoms with E-state index in [0.29, 0.717) is 23.7 Å². The van der Waals surface area contributed by atoms with Crippen molar-refractivity contribution in [2.75, 3.05) is 19.5 Å². The minimum absolute atomic E-state index is 0.0562. The summed E-state index contributed by atoms with van der Waals surface area (Å²) in [5, 5.41) is 5.93. The number of fused-ring (bicyclic) bond motifs is 2. The summed E-state index contributed by atoms with van der Waals surface area (Å²) in [6.45, 7) is 0.391. The topological polar surface area (TPSA) is 89.5 Å². The molecule has 2 bridgehead atoms. The van der Waals surface area contributed by atoms with Crippen molar-refractivity contribution >= 4 is 17.5 Å². The quantitative estimate of drug-likeness (QED) is 0.689. The van der Waals surface area contributed by atoms with E-state index in [4.69, 9.17) is 9.47 Å². The largest absolute Gasteiger partial charge is 0.497 e. The van der Waals surface area contributed by atoms with E-state index in [1.165, 1.54) is 0 Å². The Hall–Kier alpha value is -3.35. The lowest BCUT2D eigenvalue weighted by atomic mass is 9.81. The molecule has 1 heterocycles. The number of rotatable bonds is 7. The molecule has 0 aliphatic heterocycles. The van der Waals surface area contributed by atoms with Crippen LogP contribution in [0.4, 0.5) is 5.69 Å². The summed E-state index contributed by atoms with van der Waals surface area (Å²) >= 11 is 0. The van der Waals surface area contributed by atoms with E-state index in [2.05, 4.69) is 27.8 Å². The van der Waals surface area contributed by atoms with E-state index in [-0.39, 0.29) is 23.7 Å². The molecular formula is C23H25N3O4. The summed E-state index contributed by atoms with van der Waals surface area (Å²) in [6, 6.07) is 8.97. The molecule has 2 aromatic rings. The minimum atomic E-state index is -0.426. The summed E-state index contributed by atoms with van der Waals surface area (Å²) in [7, 11) is 3.11. The van der Waals surface area contributed by atoms with Gasteiger partial charge < -0.3 is 20.1 Å². The highest BCUT2D eigenvalue weighted by molar-refractivity contribution is 5.98. The lowest BCUT2D eigenvalue weighted by molar-refractivity contribution is -0.133. The van der Waals surface area contributed by atoms with Gasteiger partial charge in [-0.3, -0.25) is 14.6 Å². The van der Waals surface area contributed by atoms with E-state index >= 15 is 0 Å². The maximum atomic E-state index is 13.2. The van der Waals surface area contributed by atoms with Crippen molar-refractivity contribution < 1.29 is 19.1 Å². The number of carbonyl (C=O) groups excluding carboxylic acids is 2. The van der Waals surface area contributed by atoms with E-state index in [0.717, 1.165) is 12.0 Å². The number of nitrogens with one attached hydrogen (secondary N) is 2. The van der Waals surface area contributed by atoms with Gasteiger partial charge in [0.1, 0.15) is 11.5 Å². The number of nitrogens with zero attached hydrogens (tertiary/aromatic N) is 1. The third kappa shape index (κ3) is 3.87. The molecule has 1 aromatic heterocycles. The Bertz CT molecular complexity index is 960. The fourth-order valence-electron chi connectivity index (χ4n) is 4.47. The number of anilines is 1. The lowest BCUT2D eigenvalue weighted by Crippen LogP contribution is -2.41. The zero-order valence-corrected chi connectivity index (χ0v) is 17.0. The summed E-state index contributed by atoms with van der Waals surface area (Å²) < 4.78 is 10.6. The highest BCUT2D eigenvalue weighted by Gasteiger charge is 2.51. The van der Waals surface area contributed by atoms with Gasteiger partial charge in [0, 0.05) is 25.0 Å². The molecule has 1 fully saturated rings. The molecular weight excluding hydrogens is 382 g/mol. The fraction of sp³-hybridized carbons (Fsp3) is 0.348. The van der Waals surface area contributed by atoms with Crippen LogP contribution in [0.15, 0.2) is 54.9 Å². The average Bonchev–Trinajstić information content (AvgIpc) is 3.40. The Morgan fingerprint density at radius 1 is 1.07 bits per heavy atom. The van der Waals surface area contributed by atoms with Gasteiger partial charge in [-0.05, 0) is 42.0 Å². The van der Waals surface area contributed by atoms with Crippen LogP contribution in [0.2, 0.25) is 0 Å². The number of allylic oxidation sites excluding steroid dienone is 2. The van der Waals surface area contributed by atoms with Crippen molar-refractivity contribution in [3.05, 3.63) is 60.4 Å². The van der Waals surface area contributed by atoms with E-state index in [1.54, 1.807) is 44.8 Å². The Morgan fingerprint density at radius 3 is 2.50 bits per heavy atom. The first-order valence-corrected chi connectivity index (χ1v) is 9.98. The van der Waals surface area contributed by atoms with Gasteiger partial charge in [-0.1, -0.05) is 18.2 Å². The number of methoxy groups -OCH3 is 2. The Kier molecular flexibility index (Phi) is 5.70. The summed E-state index contributed by atoms with van der Waals surface area (Å²) in [4.78, 5) is 30.3. The second kappa shape index (κ2) is 8.57. The molecule has 30 heavy (non-hydrogen) atoms. The highest BCUT2D eigenvalue weighted by atomic mass is 16.5. The fourth-order valence-corrected chi connectivity index (χ4v) is 4.47. The molecule has 0 saturated heterocycles. The van der Waals surface area contributed by atoms with Crippen molar-refractivity contribution in [3.63, 3.8) is 0 Å². The second-order valence-electron chi connectivity index (χ2n) is 7.63. The van der Waals surface area contributed by atoms with Crippen LogP contribution in [-0.2, 0) is 16.1 Å². The van der Waals surface area contributed by atoms with Crippen LogP contribution >= 0.6 is 0 Å². The van der Waals surface area contributed by atoms with Gasteiger partial charge in [0.05, 0.1) is 31.7 Å². The third-order valence-corrected chi connectivity index (χ3v) is 5.92. The van der Waals surface area contributed by atoms with Gasteiger partial charge in [0.15, 0.2) is 0 Å². The molecule has 4 rings (SSSR count). The first kappa shape index (κ1) is 19.9. The van der Waals surface area contributed by atoms with Crippen LogP contribution in [0.3, 0.4) is 0 Å². The number of hydrogen-bond acceptors (Lipinski definition) is 5. The standard InChI is InChI=1S/C23H25N3O4/c1-29-17-7-8-19(30-2)18(11-17)26-23(28)21-16-6-5-15(10-16)20(21)22(27)25-13-14-4-3-9-24-12-14/h3-9,11-12,15-16,20-21H,10,13H2,1-2H3,(H,25,27)(H,26,28)/t15-,16+,20-,21-/m1/s1. The second-order valence-corrected chi connectivity index (χ2v) is 7.63. The first-order valence-electron chi connectivity index (χ1n) is 9.98. The molecule has 0 spiro atoms. The number of hydrogen-bond donors (Lipinski definition) is 2. The molecule has 7 nitrogen and oxygen atoms in total. The number of ether oxygens (including phenoxy) is 2. The van der Waals surface area contributed by atoms with E-state index in [9.17, 15) is 9.59 Å². The van der Waals surface area contributed by atoms with E-state index in [1.807, 2.05) is 12.1 Å². The van der Waals surface area contributed by atoms with Crippen molar-refractivity contribution in [2.24, 2.45) is 23.7 Å². The van der Waals surface area contributed by atoms with Crippen LogP contribution < -0.4 is 20.1 Å². The zero-order valence-electron chi connectivity index (χ0n) is 17.0. The predicted octanol–water partition coefficient (Wildman–Crippen LogP) is 2.79. The Morgan fingerprint density at radius 2 is 1.83 bits per heavy atom. The van der Waals surface area contributed by atoms with Crippen LogP contribution in [0, 0.1) is 23.7 Å². The van der Waals surface area contributed by atoms with Gasteiger partial charge in [-0.25, -0.2) is 0 Å². The van der Waals surface area contributed by atoms with Crippen molar-refractivity contribution in [1.29, 1.82) is 0 Å². The van der Waals surface area contributed by atoms with Gasteiger partial charge in [-0.15, -0.1) is 0 Å². The number of aromatic nitrogens is 1. The first-order chi connectivity index (χ1) is 14.6. The molecule has 1 saturated carbocycles. The third-order valence-electron chi connectivity index (χ3n) is 5.92. The summed E-state index contributed by atoms with van der Waals surface area (Å²) in [5.41, 5.74) is 1.45. The summed E-state index contributed by atoms with van der Waals surface area (Å²) in [5.74, 6) is 0.184. The SMILES string of the molecule is COc1ccc(OC)c(NC(=O)[C@H]2[C@H](C(=O)NCc3cccnc3)[C@@H]3C=C[C@H]2C3)c1. The van der Waals surface area contributed by atoms with E-state index < -0.39 is 11.8 Å². The molecule has 1 aromatic carbocycles. The monoisotopic (exact) mass is 407 g/mol. The number of pyridine rings is 1. The molecule has 7 heteroatoms. The van der Waals surface area contributed by atoms with Crippen LogP contribution in [0.5, 0.6) is 11.5 Å². The number of amides is 2. The molecule has 156 valence electrons. The summed E-state index contributed by atoms with van der Waals surface area (Å²) in [6.07, 6.45) is 8.36. The number of benzene rings is 1. The van der Waals surface area contributed by atoms with Crippen molar-refractivity contribution in [2.45, 2.75) is 13.0 Å². The molecule has 4 atom stereocenters. The lowest BCUT2D eigenvalue weighted by Gasteiger charge is -2.26. The molecule has 2 amide bonds. The zero-order chi connectivity index (χ0) is 21.1. The van der Waals surface area contributed by atoms with Crippen LogP contribution in [-0.4, -0.2) is 31.0 Å². The van der Waals surface area contributed by atoms with Gasteiger partial charge in [-0.2, -0.15) is 0 Å². The van der Waals surface area contributed by atoms with Crippen LogP contribution in [0.25, 0.3) is 0 Å². The average molecular weight is 407 g/mol. The van der Waals surface area contributed by atoms with Gasteiger partial charge >= 0.3 is 0 Å². The van der Waals surface area contributed by atoms with Gasteiger partial charge in [0.25, 0.3) is 0 Å². The highest BCUT2D eigenvalue weighted by Crippen LogP contribution is 2.48. The maximum Gasteiger partial charge on any atom is 0.229 e. The Balaban J connectivity index is 1.50. The smallest absolute Gasteiger partial charge is 0.229 e. The van der Waals surface area contributed by atoms with Crippen LogP contribution in [0.1, 0.15) is 12.0 Å². The van der Waals surface area contributed by atoms with Gasteiger partial charge in [0.2, 0.25) is 11.8 Å². The predicted molar refractivity (Wildman–Crippen MR) is 112 cm³/mol. The maximum absolute atomic E-state index is 13.2. The normalized spacial score (nSPS) is 23.8. The van der Waals surface area contributed by atoms with Crippen molar-refractivity contribution in [3.8, 4) is 11.5 Å². The molecule has 2 N–H and O–H groups in total. The molecule has 0 unspecified atom stereocenters. The number of carbonyl (C=O) groups is 2. The minimum Gasteiger partial charge on any atom is -0.497 e. The van der Waals surface area contributed by atoms with Crippen molar-refractivity contribution in [1.82, 2.24) is 10.3 Å².